The zero-order valence-corrected chi connectivity index (χ0v) is 11.9. The van der Waals surface area contributed by atoms with Crippen molar-refractivity contribution in [3.8, 4) is 11.8 Å². The number of hydrogen-bond donors (Lipinski definition) is 2. The molecular formula is C16H16N2O3. The third-order valence-electron chi connectivity index (χ3n) is 2.82. The number of aromatic nitrogens is 1. The molecule has 2 N–H and O–H groups in total. The highest BCUT2D eigenvalue weighted by atomic mass is 16.5. The van der Waals surface area contributed by atoms with Gasteiger partial charge in [-0.3, -0.25) is 10.1 Å². The number of nitrogens with zero attached hydrogens (tertiary/aromatic N) is 1. The average Bonchev–Trinajstić information content (AvgIpc) is 2.86. The van der Waals surface area contributed by atoms with E-state index in [1.807, 2.05) is 13.0 Å². The topological polar surface area (TPSA) is 75.4 Å². The van der Waals surface area contributed by atoms with Crippen LogP contribution in [0.2, 0.25) is 0 Å². The van der Waals surface area contributed by atoms with Gasteiger partial charge in [0.2, 0.25) is 5.88 Å². The lowest BCUT2D eigenvalue weighted by molar-refractivity contribution is 0.102. The van der Waals surface area contributed by atoms with Crippen LogP contribution in [0.5, 0.6) is 0 Å². The van der Waals surface area contributed by atoms with E-state index in [4.69, 9.17) is 9.63 Å². The summed E-state index contributed by atoms with van der Waals surface area (Å²) in [7, 11) is 0. The molecule has 1 aromatic carbocycles. The van der Waals surface area contributed by atoms with Gasteiger partial charge in [0.1, 0.15) is 0 Å². The van der Waals surface area contributed by atoms with Crippen molar-refractivity contribution in [2.45, 2.75) is 20.3 Å². The van der Waals surface area contributed by atoms with Gasteiger partial charge in [-0.05, 0) is 31.5 Å². The highest BCUT2D eigenvalue weighted by Gasteiger charge is 2.10. The molecule has 0 spiro atoms. The first kappa shape index (κ1) is 14.8. The summed E-state index contributed by atoms with van der Waals surface area (Å²) < 4.78 is 4.95. The number of carbonyl (C=O) groups is 1. The van der Waals surface area contributed by atoms with Gasteiger partial charge in [0.25, 0.3) is 5.91 Å². The van der Waals surface area contributed by atoms with Crippen LogP contribution in [0.15, 0.2) is 28.8 Å². The second-order valence-electron chi connectivity index (χ2n) is 4.59. The van der Waals surface area contributed by atoms with Crippen LogP contribution in [0.25, 0.3) is 0 Å². The maximum absolute atomic E-state index is 12.1. The van der Waals surface area contributed by atoms with Crippen LogP contribution < -0.4 is 5.32 Å². The number of benzene rings is 1. The summed E-state index contributed by atoms with van der Waals surface area (Å²) in [4.78, 5) is 12.1. The Labute approximate surface area is 123 Å². The molecule has 0 atom stereocenters. The number of amides is 1. The molecule has 1 heterocycles. The van der Waals surface area contributed by atoms with Crippen molar-refractivity contribution in [3.63, 3.8) is 0 Å². The van der Waals surface area contributed by atoms with Gasteiger partial charge < -0.3 is 9.63 Å². The first-order chi connectivity index (χ1) is 10.1. The number of hydrogen-bond acceptors (Lipinski definition) is 4. The number of rotatable bonds is 3. The smallest absolute Gasteiger partial charge is 0.258 e. The van der Waals surface area contributed by atoms with Crippen molar-refractivity contribution in [2.75, 3.05) is 11.9 Å². The molecule has 0 fully saturated rings. The maximum atomic E-state index is 12.1. The Morgan fingerprint density at radius 1 is 1.38 bits per heavy atom. The van der Waals surface area contributed by atoms with Crippen molar-refractivity contribution >= 4 is 11.8 Å². The Balaban J connectivity index is 2.18. The molecular weight excluding hydrogens is 268 g/mol. The number of aliphatic hydroxyl groups excluding tert-OH is 1. The number of carbonyl (C=O) groups excluding carboxylic acids is 1. The Kier molecular flexibility index (Phi) is 4.75. The van der Waals surface area contributed by atoms with Crippen LogP contribution in [0, 0.1) is 25.7 Å². The summed E-state index contributed by atoms with van der Waals surface area (Å²) in [5.41, 5.74) is 2.94. The van der Waals surface area contributed by atoms with Crippen molar-refractivity contribution in [1.82, 2.24) is 5.16 Å². The van der Waals surface area contributed by atoms with Gasteiger partial charge in [-0.2, -0.15) is 0 Å². The number of nitrogens with one attached hydrogen (secondary N) is 1. The largest absolute Gasteiger partial charge is 0.395 e. The van der Waals surface area contributed by atoms with E-state index in [0.29, 0.717) is 23.6 Å². The van der Waals surface area contributed by atoms with E-state index in [1.54, 1.807) is 25.1 Å². The zero-order valence-electron chi connectivity index (χ0n) is 11.9. The first-order valence-electron chi connectivity index (χ1n) is 6.55. The van der Waals surface area contributed by atoms with Gasteiger partial charge in [-0.25, -0.2) is 0 Å². The number of anilines is 1. The Hall–Kier alpha value is -2.58. The molecule has 0 radical (unpaired) electrons. The molecule has 1 aromatic heterocycles. The summed E-state index contributed by atoms with van der Waals surface area (Å²) in [5, 5.41) is 15.1. The van der Waals surface area contributed by atoms with Crippen molar-refractivity contribution in [3.05, 3.63) is 46.6 Å². The van der Waals surface area contributed by atoms with Crippen LogP contribution in [-0.4, -0.2) is 22.8 Å². The lowest BCUT2D eigenvalue weighted by atomic mass is 10.0. The van der Waals surface area contributed by atoms with Crippen LogP contribution in [0.4, 0.5) is 5.88 Å². The van der Waals surface area contributed by atoms with Crippen LogP contribution in [0.1, 0.15) is 33.6 Å². The predicted molar refractivity (Wildman–Crippen MR) is 79.0 cm³/mol. The molecule has 21 heavy (non-hydrogen) atoms. The highest BCUT2D eigenvalue weighted by Crippen LogP contribution is 2.14. The van der Waals surface area contributed by atoms with Gasteiger partial charge in [0.15, 0.2) is 0 Å². The monoisotopic (exact) mass is 284 g/mol. The predicted octanol–water partition coefficient (Wildman–Crippen LogP) is 2.28. The molecule has 0 saturated carbocycles. The SMILES string of the molecule is Cc1cc(NC(=O)c2ccc(C)c(C#CCCO)c2)on1. The molecule has 0 aliphatic carbocycles. The second kappa shape index (κ2) is 6.73. The second-order valence-corrected chi connectivity index (χ2v) is 4.59. The summed E-state index contributed by atoms with van der Waals surface area (Å²) in [6, 6.07) is 6.93. The minimum atomic E-state index is -0.281. The zero-order chi connectivity index (χ0) is 15.2. The lowest BCUT2D eigenvalue weighted by Crippen LogP contribution is -2.11. The molecule has 1 amide bonds. The van der Waals surface area contributed by atoms with Crippen LogP contribution >= 0.6 is 0 Å². The molecule has 0 saturated heterocycles. The van der Waals surface area contributed by atoms with E-state index in [1.165, 1.54) is 0 Å². The van der Waals surface area contributed by atoms with E-state index in [-0.39, 0.29) is 12.5 Å². The summed E-state index contributed by atoms with van der Waals surface area (Å²) >= 11 is 0. The summed E-state index contributed by atoms with van der Waals surface area (Å²) in [6.07, 6.45) is 0.410. The molecule has 0 bridgehead atoms. The van der Waals surface area contributed by atoms with Gasteiger partial charge in [0, 0.05) is 23.6 Å². The molecule has 5 heteroatoms. The van der Waals surface area contributed by atoms with Crippen molar-refractivity contribution < 1.29 is 14.4 Å². The molecule has 2 aromatic rings. The quantitative estimate of drug-likeness (QED) is 0.848. The van der Waals surface area contributed by atoms with Crippen LogP contribution in [-0.2, 0) is 0 Å². The third kappa shape index (κ3) is 3.94. The van der Waals surface area contributed by atoms with E-state index in [0.717, 1.165) is 11.1 Å². The standard InChI is InChI=1S/C16H16N2O3/c1-11-6-7-14(10-13(11)5-3-4-8-19)16(20)17-15-9-12(2)18-21-15/h6-7,9-10,19H,4,8H2,1-2H3,(H,17,20). The normalized spacial score (nSPS) is 9.86. The van der Waals surface area contributed by atoms with E-state index >= 15 is 0 Å². The van der Waals surface area contributed by atoms with Gasteiger partial charge in [0.05, 0.1) is 12.3 Å². The van der Waals surface area contributed by atoms with E-state index < -0.39 is 0 Å². The Morgan fingerprint density at radius 2 is 2.19 bits per heavy atom. The van der Waals surface area contributed by atoms with Gasteiger partial charge >= 0.3 is 0 Å². The third-order valence-corrected chi connectivity index (χ3v) is 2.82. The molecule has 0 aliphatic heterocycles. The number of aliphatic hydroxyl groups is 1. The van der Waals surface area contributed by atoms with E-state index in [9.17, 15) is 4.79 Å². The Bertz CT molecular complexity index is 708. The summed E-state index contributed by atoms with van der Waals surface area (Å²) in [6.45, 7) is 3.72. The molecule has 0 unspecified atom stereocenters. The molecule has 2 rings (SSSR count). The van der Waals surface area contributed by atoms with Gasteiger partial charge in [-0.15, -0.1) is 0 Å². The Morgan fingerprint density at radius 3 is 2.86 bits per heavy atom. The lowest BCUT2D eigenvalue weighted by Gasteiger charge is -2.04. The van der Waals surface area contributed by atoms with Crippen molar-refractivity contribution in [1.29, 1.82) is 0 Å². The van der Waals surface area contributed by atoms with Crippen molar-refractivity contribution in [2.24, 2.45) is 0 Å². The fourth-order valence-electron chi connectivity index (χ4n) is 1.72. The summed E-state index contributed by atoms with van der Waals surface area (Å²) in [5.74, 6) is 5.83. The maximum Gasteiger partial charge on any atom is 0.258 e. The van der Waals surface area contributed by atoms with Gasteiger partial charge in [-0.1, -0.05) is 23.1 Å². The molecule has 5 nitrogen and oxygen atoms in total. The molecule has 108 valence electrons. The fourth-order valence-corrected chi connectivity index (χ4v) is 1.72. The highest BCUT2D eigenvalue weighted by molar-refractivity contribution is 6.03. The fraction of sp³-hybridized carbons (Fsp3) is 0.250. The number of aryl methyl sites for hydroxylation is 2. The van der Waals surface area contributed by atoms with E-state index in [2.05, 4.69) is 22.3 Å². The minimum Gasteiger partial charge on any atom is -0.395 e. The minimum absolute atomic E-state index is 0.0249. The average molecular weight is 284 g/mol. The first-order valence-corrected chi connectivity index (χ1v) is 6.55. The van der Waals surface area contributed by atoms with Crippen LogP contribution in [0.3, 0.4) is 0 Å². The molecule has 0 aliphatic rings.